The molecule has 2 aromatic rings. The van der Waals surface area contributed by atoms with Gasteiger partial charge in [0.2, 0.25) is 0 Å². The molecule has 0 saturated heterocycles. The van der Waals surface area contributed by atoms with E-state index in [0.29, 0.717) is 34.3 Å². The zero-order chi connectivity index (χ0) is 26.4. The van der Waals surface area contributed by atoms with Crippen LogP contribution in [-0.2, 0) is 11.2 Å². The molecule has 0 fully saturated rings. The summed E-state index contributed by atoms with van der Waals surface area (Å²) in [6, 6.07) is 5.02. The zero-order valence-corrected chi connectivity index (χ0v) is 20.5. The Morgan fingerprint density at radius 1 is 1.20 bits per heavy atom. The van der Waals surface area contributed by atoms with Gasteiger partial charge in [0, 0.05) is 6.42 Å². The molecular formula is C25H30F3N3O4. The number of aromatic nitrogens is 3. The lowest BCUT2D eigenvalue weighted by Gasteiger charge is -2.23. The minimum Gasteiger partial charge on any atom is -0.483 e. The van der Waals surface area contributed by atoms with Crippen molar-refractivity contribution in [2.75, 3.05) is 0 Å². The van der Waals surface area contributed by atoms with Gasteiger partial charge in [-0.05, 0) is 70.9 Å². The molecule has 0 radical (unpaired) electrons. The molecule has 1 aromatic carbocycles. The fourth-order valence-electron chi connectivity index (χ4n) is 2.96. The summed E-state index contributed by atoms with van der Waals surface area (Å²) in [6.07, 6.45) is 0.501. The van der Waals surface area contributed by atoms with Crippen LogP contribution in [0.25, 0.3) is 0 Å². The van der Waals surface area contributed by atoms with Crippen LogP contribution in [0, 0.1) is 6.92 Å². The average Bonchev–Trinajstić information content (AvgIpc) is 3.23. The van der Waals surface area contributed by atoms with Crippen molar-refractivity contribution >= 4 is 5.97 Å². The number of nitrogens with one attached hydrogen (secondary N) is 1. The maximum Gasteiger partial charge on any atom is 0.416 e. The largest absolute Gasteiger partial charge is 0.483 e. The fraction of sp³-hybridized carbons (Fsp3) is 0.400. The van der Waals surface area contributed by atoms with E-state index < -0.39 is 29.4 Å². The van der Waals surface area contributed by atoms with E-state index in [1.807, 2.05) is 0 Å². The molecule has 35 heavy (non-hydrogen) atoms. The number of aromatic amines is 1. The third kappa shape index (κ3) is 7.73. The molecule has 190 valence electrons. The molecule has 7 nitrogen and oxygen atoms in total. The van der Waals surface area contributed by atoms with Crippen molar-refractivity contribution in [3.8, 4) is 11.5 Å². The minimum atomic E-state index is -4.41. The zero-order valence-electron chi connectivity index (χ0n) is 20.5. The monoisotopic (exact) mass is 493 g/mol. The molecule has 0 saturated carbocycles. The molecule has 0 spiro atoms. The lowest BCUT2D eigenvalue weighted by Crippen LogP contribution is -2.38. The maximum absolute atomic E-state index is 12.9. The van der Waals surface area contributed by atoms with Gasteiger partial charge in [-0.2, -0.15) is 18.3 Å². The third-order valence-electron chi connectivity index (χ3n) is 5.11. The van der Waals surface area contributed by atoms with Gasteiger partial charge in [-0.25, -0.2) is 9.78 Å². The molecule has 0 aliphatic carbocycles. The van der Waals surface area contributed by atoms with Crippen LogP contribution in [0.15, 0.2) is 53.6 Å². The van der Waals surface area contributed by atoms with E-state index in [1.165, 1.54) is 26.8 Å². The van der Waals surface area contributed by atoms with Crippen LogP contribution in [0.2, 0.25) is 0 Å². The topological polar surface area (TPSA) is 97.3 Å². The van der Waals surface area contributed by atoms with Crippen LogP contribution in [0.4, 0.5) is 13.2 Å². The van der Waals surface area contributed by atoms with Crippen molar-refractivity contribution in [2.45, 2.75) is 65.8 Å². The normalized spacial score (nSPS) is 14.3. The molecule has 0 amide bonds. The molecule has 1 atom stereocenters. The minimum absolute atomic E-state index is 0.270. The Morgan fingerprint density at radius 2 is 1.89 bits per heavy atom. The first-order chi connectivity index (χ1) is 16.3. The number of carboxylic acid groups (broad SMARTS) is 1. The maximum atomic E-state index is 12.9. The predicted molar refractivity (Wildman–Crippen MR) is 125 cm³/mol. The van der Waals surface area contributed by atoms with Crippen LogP contribution in [0.5, 0.6) is 11.5 Å². The number of ether oxygens (including phenoxy) is 2. The fourth-order valence-corrected chi connectivity index (χ4v) is 2.96. The highest BCUT2D eigenvalue weighted by Crippen LogP contribution is 2.29. The number of rotatable bonds is 10. The summed E-state index contributed by atoms with van der Waals surface area (Å²) in [4.78, 5) is 15.7. The van der Waals surface area contributed by atoms with Crippen molar-refractivity contribution in [2.24, 2.45) is 0 Å². The number of hydrogen-bond donors (Lipinski definition) is 2. The lowest BCUT2D eigenvalue weighted by molar-refractivity contribution is -0.152. The van der Waals surface area contributed by atoms with Crippen LogP contribution in [0.1, 0.15) is 57.9 Å². The summed E-state index contributed by atoms with van der Waals surface area (Å²) in [5.74, 6) is 0.735. The van der Waals surface area contributed by atoms with Gasteiger partial charge in [-0.1, -0.05) is 24.3 Å². The van der Waals surface area contributed by atoms with Gasteiger partial charge in [0.25, 0.3) is 0 Å². The molecule has 0 aliphatic heterocycles. The quantitative estimate of drug-likeness (QED) is 0.391. The summed E-state index contributed by atoms with van der Waals surface area (Å²) in [5, 5.41) is 16.2. The Balaban J connectivity index is 2.06. The summed E-state index contributed by atoms with van der Waals surface area (Å²) in [6.45, 7) is 9.54. The Kier molecular flexibility index (Phi) is 8.89. The Labute approximate surface area is 202 Å². The second-order valence-corrected chi connectivity index (χ2v) is 8.36. The number of carbonyl (C=O) groups is 1. The van der Waals surface area contributed by atoms with Gasteiger partial charge >= 0.3 is 12.1 Å². The van der Waals surface area contributed by atoms with E-state index in [4.69, 9.17) is 9.47 Å². The van der Waals surface area contributed by atoms with Crippen molar-refractivity contribution in [1.29, 1.82) is 0 Å². The molecule has 2 N–H and O–H groups in total. The SMILES string of the molecule is C\C=C(/C=C\C(=C/C)C(F)(F)F)Cc1nc(C(C)Oc2ccc(OC(C)(C)C(=O)O)c(C)c2)n[nH]1. The molecule has 2 rings (SSSR count). The summed E-state index contributed by atoms with van der Waals surface area (Å²) in [5.41, 5.74) is -0.767. The van der Waals surface area contributed by atoms with Gasteiger partial charge in [0.05, 0.1) is 5.57 Å². The van der Waals surface area contributed by atoms with Crippen molar-refractivity contribution in [1.82, 2.24) is 15.2 Å². The highest BCUT2D eigenvalue weighted by Gasteiger charge is 2.31. The number of aliphatic carboxylic acids is 1. The highest BCUT2D eigenvalue weighted by molar-refractivity contribution is 5.76. The number of halogens is 3. The van der Waals surface area contributed by atoms with Gasteiger partial charge < -0.3 is 14.6 Å². The first kappa shape index (κ1) is 27.7. The molecule has 0 aliphatic rings. The van der Waals surface area contributed by atoms with E-state index in [-0.39, 0.29) is 6.42 Å². The number of hydrogen-bond acceptors (Lipinski definition) is 5. The smallest absolute Gasteiger partial charge is 0.416 e. The molecule has 1 aromatic heterocycles. The number of alkyl halides is 3. The van der Waals surface area contributed by atoms with Crippen LogP contribution in [-0.4, -0.2) is 38.0 Å². The van der Waals surface area contributed by atoms with Gasteiger partial charge in [-0.3, -0.25) is 5.10 Å². The standard InChI is InChI=1S/C25H30F3N3O4/c1-7-17(9-10-18(8-2)25(26,27)28)14-21-29-22(31-30-21)16(4)34-19-11-12-20(15(3)13-19)35-24(5,6)23(32)33/h7-13,16H,14H2,1-6H3,(H,32,33)(H,29,30,31)/b10-9-,17-7+,18-8+. The van der Waals surface area contributed by atoms with Gasteiger partial charge in [0.1, 0.15) is 17.3 Å². The Morgan fingerprint density at radius 3 is 2.43 bits per heavy atom. The van der Waals surface area contributed by atoms with Gasteiger partial charge in [0.15, 0.2) is 17.5 Å². The van der Waals surface area contributed by atoms with E-state index >= 15 is 0 Å². The molecule has 1 unspecified atom stereocenters. The van der Waals surface area contributed by atoms with Crippen molar-refractivity contribution in [3.63, 3.8) is 0 Å². The van der Waals surface area contributed by atoms with Crippen LogP contribution in [0.3, 0.4) is 0 Å². The van der Waals surface area contributed by atoms with E-state index in [1.54, 1.807) is 45.0 Å². The summed E-state index contributed by atoms with van der Waals surface area (Å²) >= 11 is 0. The average molecular weight is 494 g/mol. The highest BCUT2D eigenvalue weighted by atomic mass is 19.4. The third-order valence-corrected chi connectivity index (χ3v) is 5.11. The second-order valence-electron chi connectivity index (χ2n) is 8.36. The number of carboxylic acids is 1. The first-order valence-corrected chi connectivity index (χ1v) is 10.9. The summed E-state index contributed by atoms with van der Waals surface area (Å²) < 4.78 is 50.2. The predicted octanol–water partition coefficient (Wildman–Crippen LogP) is 6.05. The van der Waals surface area contributed by atoms with Gasteiger partial charge in [-0.15, -0.1) is 0 Å². The number of allylic oxidation sites excluding steroid dienone is 6. The Bertz CT molecular complexity index is 1130. The molecule has 1 heterocycles. The molecule has 0 bridgehead atoms. The van der Waals surface area contributed by atoms with Crippen molar-refractivity contribution < 1.29 is 32.5 Å². The number of H-pyrrole nitrogens is 1. The van der Waals surface area contributed by atoms with E-state index in [0.717, 1.165) is 12.2 Å². The van der Waals surface area contributed by atoms with E-state index in [2.05, 4.69) is 15.2 Å². The molecular weight excluding hydrogens is 463 g/mol. The van der Waals surface area contributed by atoms with Crippen LogP contribution < -0.4 is 9.47 Å². The van der Waals surface area contributed by atoms with Crippen molar-refractivity contribution in [3.05, 3.63) is 70.9 Å². The lowest BCUT2D eigenvalue weighted by atomic mass is 10.1. The second kappa shape index (κ2) is 11.2. The summed E-state index contributed by atoms with van der Waals surface area (Å²) in [7, 11) is 0. The van der Waals surface area contributed by atoms with Crippen LogP contribution >= 0.6 is 0 Å². The van der Waals surface area contributed by atoms with E-state index in [9.17, 15) is 23.1 Å². The number of benzene rings is 1. The Hall–Kier alpha value is -3.56. The number of nitrogens with zero attached hydrogens (tertiary/aromatic N) is 2. The number of aryl methyl sites for hydroxylation is 1. The molecule has 10 heteroatoms. The first-order valence-electron chi connectivity index (χ1n) is 10.9.